The number of anilines is 1. The van der Waals surface area contributed by atoms with Crippen LogP contribution in [-0.2, 0) is 6.54 Å². The molecule has 166 valence electrons. The third kappa shape index (κ3) is 4.40. The van der Waals surface area contributed by atoms with Crippen molar-refractivity contribution in [1.82, 2.24) is 9.78 Å². The number of aryl methyl sites for hydroxylation is 1. The van der Waals surface area contributed by atoms with Gasteiger partial charge in [-0.3, -0.25) is 14.4 Å². The van der Waals surface area contributed by atoms with E-state index in [2.05, 4.69) is 10.4 Å². The lowest BCUT2D eigenvalue weighted by atomic mass is 10.0. The molecular weight excluding hydrogens is 445 g/mol. The normalized spacial score (nSPS) is 10.9. The fourth-order valence-electron chi connectivity index (χ4n) is 3.55. The topological polar surface area (TPSA) is 81.1 Å². The summed E-state index contributed by atoms with van der Waals surface area (Å²) in [5, 5.41) is 7.97. The van der Waals surface area contributed by atoms with Gasteiger partial charge in [0.25, 0.3) is 11.5 Å². The van der Waals surface area contributed by atoms with E-state index in [-0.39, 0.29) is 33.1 Å². The highest BCUT2D eigenvalue weighted by molar-refractivity contribution is 6.31. The number of nitrogens with one attached hydrogen (secondary N) is 1. The Labute approximate surface area is 193 Å². The van der Waals surface area contributed by atoms with Crippen molar-refractivity contribution in [2.45, 2.75) is 19.9 Å². The van der Waals surface area contributed by atoms with Crippen molar-refractivity contribution in [2.24, 2.45) is 0 Å². The third-order valence-corrected chi connectivity index (χ3v) is 5.35. The number of amides is 1. The van der Waals surface area contributed by atoms with Crippen molar-refractivity contribution in [2.75, 3.05) is 5.32 Å². The lowest BCUT2D eigenvalue weighted by Crippen LogP contribution is -2.28. The number of carbonyl (C=O) groups is 2. The van der Waals surface area contributed by atoms with Crippen LogP contribution in [-0.4, -0.2) is 21.5 Å². The van der Waals surface area contributed by atoms with E-state index in [1.807, 2.05) is 6.92 Å². The van der Waals surface area contributed by atoms with Crippen molar-refractivity contribution in [3.05, 3.63) is 105 Å². The molecule has 6 nitrogen and oxygen atoms in total. The van der Waals surface area contributed by atoms with Gasteiger partial charge in [0.1, 0.15) is 5.82 Å². The zero-order valence-electron chi connectivity index (χ0n) is 17.6. The first-order valence-corrected chi connectivity index (χ1v) is 10.7. The third-order valence-electron chi connectivity index (χ3n) is 5.11. The summed E-state index contributed by atoms with van der Waals surface area (Å²) in [6, 6.07) is 16.6. The number of aromatic nitrogens is 2. The van der Waals surface area contributed by atoms with Crippen molar-refractivity contribution in [3.8, 4) is 0 Å². The Kier molecular flexibility index (Phi) is 6.33. The number of carbonyl (C=O) groups excluding carboxylic acids is 2. The van der Waals surface area contributed by atoms with E-state index in [4.69, 9.17) is 11.6 Å². The number of benzene rings is 3. The first-order valence-electron chi connectivity index (χ1n) is 10.3. The Morgan fingerprint density at radius 1 is 1.00 bits per heavy atom. The van der Waals surface area contributed by atoms with E-state index >= 15 is 0 Å². The van der Waals surface area contributed by atoms with Crippen LogP contribution >= 0.6 is 11.6 Å². The average Bonchev–Trinajstić information content (AvgIpc) is 2.82. The number of nitrogens with zero attached hydrogens (tertiary/aromatic N) is 2. The van der Waals surface area contributed by atoms with Crippen LogP contribution in [0.4, 0.5) is 10.1 Å². The van der Waals surface area contributed by atoms with Gasteiger partial charge >= 0.3 is 0 Å². The molecule has 8 heteroatoms. The number of fused-ring (bicyclic) bond motifs is 1. The first kappa shape index (κ1) is 22.4. The molecule has 0 radical (unpaired) electrons. The number of hydrogen-bond donors (Lipinski definition) is 1. The predicted molar refractivity (Wildman–Crippen MR) is 126 cm³/mol. The summed E-state index contributed by atoms with van der Waals surface area (Å²) in [4.78, 5) is 39.0. The zero-order chi connectivity index (χ0) is 23.5. The number of rotatable bonds is 6. The molecular formula is C25H19ClFN3O3. The summed E-state index contributed by atoms with van der Waals surface area (Å²) >= 11 is 6.08. The second-order valence-electron chi connectivity index (χ2n) is 7.38. The van der Waals surface area contributed by atoms with Crippen molar-refractivity contribution in [1.29, 1.82) is 0 Å². The molecule has 0 aliphatic carbocycles. The van der Waals surface area contributed by atoms with Crippen LogP contribution in [0.15, 0.2) is 71.5 Å². The lowest BCUT2D eigenvalue weighted by Gasteiger charge is -2.13. The molecule has 0 atom stereocenters. The maximum Gasteiger partial charge on any atom is 0.276 e. The van der Waals surface area contributed by atoms with Gasteiger partial charge in [-0.25, -0.2) is 9.07 Å². The highest BCUT2D eigenvalue weighted by atomic mass is 35.5. The second-order valence-corrected chi connectivity index (χ2v) is 7.81. The van der Waals surface area contributed by atoms with Gasteiger partial charge in [-0.1, -0.05) is 48.9 Å². The van der Waals surface area contributed by atoms with Crippen LogP contribution in [0.3, 0.4) is 0 Å². The van der Waals surface area contributed by atoms with E-state index in [0.29, 0.717) is 23.7 Å². The zero-order valence-corrected chi connectivity index (χ0v) is 18.4. The lowest BCUT2D eigenvalue weighted by molar-refractivity contribution is 0.102. The van der Waals surface area contributed by atoms with Crippen LogP contribution < -0.4 is 10.9 Å². The maximum atomic E-state index is 14.2. The Bertz CT molecular complexity index is 1450. The molecule has 1 amide bonds. The maximum absolute atomic E-state index is 14.2. The van der Waals surface area contributed by atoms with Gasteiger partial charge in [-0.05, 0) is 42.8 Å². The number of ketones is 1. The summed E-state index contributed by atoms with van der Waals surface area (Å²) in [7, 11) is 0. The highest BCUT2D eigenvalue weighted by Crippen LogP contribution is 2.26. The fourth-order valence-corrected chi connectivity index (χ4v) is 3.72. The summed E-state index contributed by atoms with van der Waals surface area (Å²) in [6.07, 6.45) is 0.658. The van der Waals surface area contributed by atoms with Crippen LogP contribution in [0.2, 0.25) is 5.02 Å². The van der Waals surface area contributed by atoms with E-state index in [1.54, 1.807) is 30.3 Å². The van der Waals surface area contributed by atoms with Gasteiger partial charge in [-0.2, -0.15) is 5.10 Å². The fraction of sp³-hybridized carbons (Fsp3) is 0.120. The summed E-state index contributed by atoms with van der Waals surface area (Å²) in [6.45, 7) is 2.25. The smallest absolute Gasteiger partial charge is 0.276 e. The Hall–Kier alpha value is -3.84. The van der Waals surface area contributed by atoms with Gasteiger partial charge in [0.2, 0.25) is 0 Å². The molecule has 0 saturated heterocycles. The number of halogens is 2. The Balaban J connectivity index is 1.79. The van der Waals surface area contributed by atoms with E-state index in [9.17, 15) is 18.8 Å². The van der Waals surface area contributed by atoms with Crippen molar-refractivity contribution < 1.29 is 14.0 Å². The molecule has 4 rings (SSSR count). The minimum atomic E-state index is -0.681. The van der Waals surface area contributed by atoms with Crippen LogP contribution in [0.25, 0.3) is 10.8 Å². The first-order chi connectivity index (χ1) is 15.9. The minimum absolute atomic E-state index is 0.0344. The molecule has 0 aliphatic heterocycles. The predicted octanol–water partition coefficient (Wildman–Crippen LogP) is 5.08. The molecule has 33 heavy (non-hydrogen) atoms. The highest BCUT2D eigenvalue weighted by Gasteiger charge is 2.21. The molecule has 0 spiro atoms. The second kappa shape index (κ2) is 9.34. The molecule has 0 fully saturated rings. The molecule has 3 aromatic carbocycles. The Morgan fingerprint density at radius 2 is 1.70 bits per heavy atom. The van der Waals surface area contributed by atoms with Crippen molar-refractivity contribution >= 4 is 39.8 Å². The molecule has 0 bridgehead atoms. The van der Waals surface area contributed by atoms with Gasteiger partial charge in [0.05, 0.1) is 16.6 Å². The Morgan fingerprint density at radius 3 is 2.42 bits per heavy atom. The van der Waals surface area contributed by atoms with Gasteiger partial charge in [0.15, 0.2) is 11.5 Å². The van der Waals surface area contributed by atoms with E-state index in [0.717, 1.165) is 0 Å². The van der Waals surface area contributed by atoms with Crippen LogP contribution in [0, 0.1) is 5.82 Å². The summed E-state index contributed by atoms with van der Waals surface area (Å²) < 4.78 is 15.5. The van der Waals surface area contributed by atoms with E-state index < -0.39 is 17.5 Å². The quantitative estimate of drug-likeness (QED) is 0.404. The van der Waals surface area contributed by atoms with Gasteiger partial charge in [-0.15, -0.1) is 0 Å². The van der Waals surface area contributed by atoms with Crippen molar-refractivity contribution in [3.63, 3.8) is 0 Å². The summed E-state index contributed by atoms with van der Waals surface area (Å²) in [5.41, 5.74) is -0.206. The minimum Gasteiger partial charge on any atom is -0.320 e. The van der Waals surface area contributed by atoms with Crippen LogP contribution in [0.5, 0.6) is 0 Å². The standard InChI is InChI=1S/C25H19ClFN3O3/c1-2-13-30-25(33)17-8-4-3-7-16(17)22(29-30)24(32)28-21-12-11-15(26)14-19(21)23(31)18-9-5-6-10-20(18)27/h3-12,14H,2,13H2,1H3,(H,28,32). The monoisotopic (exact) mass is 463 g/mol. The molecule has 0 unspecified atom stereocenters. The number of hydrogen-bond acceptors (Lipinski definition) is 4. The van der Waals surface area contributed by atoms with Gasteiger partial charge in [0, 0.05) is 22.5 Å². The molecule has 0 saturated carbocycles. The van der Waals surface area contributed by atoms with Crippen LogP contribution in [0.1, 0.15) is 39.8 Å². The molecule has 1 N–H and O–H groups in total. The molecule has 0 aliphatic rings. The average molecular weight is 464 g/mol. The molecule has 1 heterocycles. The summed E-state index contributed by atoms with van der Waals surface area (Å²) in [5.74, 6) is -1.92. The SMILES string of the molecule is CCCn1nc(C(=O)Nc2ccc(Cl)cc2C(=O)c2ccccc2F)c2ccccc2c1=O. The van der Waals surface area contributed by atoms with Gasteiger partial charge < -0.3 is 5.32 Å². The largest absolute Gasteiger partial charge is 0.320 e. The molecule has 4 aromatic rings. The van der Waals surface area contributed by atoms with E-state index in [1.165, 1.54) is 41.1 Å². The molecule has 1 aromatic heterocycles.